The molecule has 2 saturated carbocycles. The van der Waals surface area contributed by atoms with E-state index in [4.69, 9.17) is 0 Å². The lowest BCUT2D eigenvalue weighted by atomic mass is 9.86. The van der Waals surface area contributed by atoms with Gasteiger partial charge in [-0.15, -0.1) is 10.2 Å². The van der Waals surface area contributed by atoms with Crippen LogP contribution in [0.5, 0.6) is 0 Å². The normalized spacial score (nSPS) is 26.6. The number of hydrogen-bond acceptors (Lipinski definition) is 3. The van der Waals surface area contributed by atoms with Crippen LogP contribution < -0.4 is 5.32 Å². The summed E-state index contributed by atoms with van der Waals surface area (Å²) in [5.74, 6) is 2.81. The fraction of sp³-hybridized carbons (Fsp3) is 0.842. The quantitative estimate of drug-likeness (QED) is 0.911. The van der Waals surface area contributed by atoms with Gasteiger partial charge in [0.15, 0.2) is 5.82 Å². The Kier molecular flexibility index (Phi) is 4.95. The van der Waals surface area contributed by atoms with Crippen LogP contribution in [-0.2, 0) is 19.5 Å². The highest BCUT2D eigenvalue weighted by Gasteiger charge is 2.38. The molecule has 1 aliphatic heterocycles. The van der Waals surface area contributed by atoms with Crippen molar-refractivity contribution in [3.8, 4) is 0 Å². The van der Waals surface area contributed by atoms with Crippen LogP contribution in [0.4, 0.5) is 4.79 Å². The number of carbonyl (C=O) groups is 1. The molecule has 2 heterocycles. The summed E-state index contributed by atoms with van der Waals surface area (Å²) in [6.07, 6.45) is 11.8. The summed E-state index contributed by atoms with van der Waals surface area (Å²) in [7, 11) is 0. The number of carbonyl (C=O) groups excluding carboxylic acids is 1. The van der Waals surface area contributed by atoms with Gasteiger partial charge in [0.05, 0.1) is 6.54 Å². The van der Waals surface area contributed by atoms with Gasteiger partial charge in [0, 0.05) is 25.0 Å². The first kappa shape index (κ1) is 16.9. The summed E-state index contributed by atoms with van der Waals surface area (Å²) in [5.41, 5.74) is 0. The molecule has 0 unspecified atom stereocenters. The van der Waals surface area contributed by atoms with E-state index in [1.807, 2.05) is 0 Å². The molecule has 2 fully saturated rings. The summed E-state index contributed by atoms with van der Waals surface area (Å²) in [4.78, 5) is 15.1. The molecular weight excluding hydrogens is 314 g/mol. The molecule has 0 spiro atoms. The van der Waals surface area contributed by atoms with E-state index in [0.29, 0.717) is 18.6 Å². The Morgan fingerprint density at radius 1 is 1.08 bits per heavy atom. The van der Waals surface area contributed by atoms with E-state index in [0.717, 1.165) is 43.4 Å². The number of aromatic nitrogens is 3. The fourth-order valence-corrected chi connectivity index (χ4v) is 4.43. The van der Waals surface area contributed by atoms with Crippen LogP contribution in [0, 0.1) is 5.92 Å². The van der Waals surface area contributed by atoms with E-state index in [1.54, 1.807) is 0 Å². The van der Waals surface area contributed by atoms with Crippen LogP contribution in [0.1, 0.15) is 76.4 Å². The molecule has 2 aliphatic carbocycles. The minimum absolute atomic E-state index is 0.105. The Morgan fingerprint density at radius 2 is 1.80 bits per heavy atom. The number of fused-ring (bicyclic) bond motifs is 1. The van der Waals surface area contributed by atoms with Crippen molar-refractivity contribution >= 4 is 6.03 Å². The summed E-state index contributed by atoms with van der Waals surface area (Å²) in [5, 5.41) is 11.8. The lowest BCUT2D eigenvalue weighted by Crippen LogP contribution is -2.48. The third-order valence-electron chi connectivity index (χ3n) is 6.14. The number of nitrogens with one attached hydrogen (secondary N) is 1. The van der Waals surface area contributed by atoms with E-state index in [9.17, 15) is 4.79 Å². The highest BCUT2D eigenvalue weighted by Crippen LogP contribution is 2.35. The first-order valence-corrected chi connectivity index (χ1v) is 10.2. The summed E-state index contributed by atoms with van der Waals surface area (Å²) < 4.78 is 2.22. The SMILES string of the molecule is CC1CCC(N(C(=O)NCc2nnc3n2CCCCC3)C2CC2)CC1. The van der Waals surface area contributed by atoms with Gasteiger partial charge in [-0.05, 0) is 57.3 Å². The van der Waals surface area contributed by atoms with E-state index in [1.165, 1.54) is 44.9 Å². The Bertz CT molecular complexity index is 601. The largest absolute Gasteiger partial charge is 0.331 e. The number of rotatable bonds is 4. The van der Waals surface area contributed by atoms with Crippen LogP contribution in [0.3, 0.4) is 0 Å². The molecular formula is C19H31N5O. The van der Waals surface area contributed by atoms with Crippen LogP contribution in [0.2, 0.25) is 0 Å². The van der Waals surface area contributed by atoms with Crippen LogP contribution in [-0.4, -0.2) is 37.8 Å². The molecule has 0 radical (unpaired) electrons. The van der Waals surface area contributed by atoms with Crippen molar-refractivity contribution in [2.45, 2.75) is 96.3 Å². The second-order valence-corrected chi connectivity index (χ2v) is 8.21. The molecule has 4 rings (SSSR count). The molecule has 25 heavy (non-hydrogen) atoms. The zero-order valence-corrected chi connectivity index (χ0v) is 15.4. The summed E-state index contributed by atoms with van der Waals surface area (Å²) in [6.45, 7) is 3.81. The zero-order chi connectivity index (χ0) is 17.2. The van der Waals surface area contributed by atoms with Gasteiger partial charge in [0.25, 0.3) is 0 Å². The highest BCUT2D eigenvalue weighted by molar-refractivity contribution is 5.75. The second kappa shape index (κ2) is 7.34. The third kappa shape index (κ3) is 3.82. The number of aryl methyl sites for hydroxylation is 1. The smallest absolute Gasteiger partial charge is 0.318 e. The molecule has 0 bridgehead atoms. The number of urea groups is 1. The van der Waals surface area contributed by atoms with Crippen molar-refractivity contribution in [3.05, 3.63) is 11.6 Å². The van der Waals surface area contributed by atoms with Crippen LogP contribution in [0.25, 0.3) is 0 Å². The van der Waals surface area contributed by atoms with E-state index in [-0.39, 0.29) is 6.03 Å². The van der Waals surface area contributed by atoms with Crippen molar-refractivity contribution < 1.29 is 4.79 Å². The van der Waals surface area contributed by atoms with Crippen molar-refractivity contribution in [3.63, 3.8) is 0 Å². The summed E-state index contributed by atoms with van der Waals surface area (Å²) >= 11 is 0. The van der Waals surface area contributed by atoms with E-state index < -0.39 is 0 Å². The minimum atomic E-state index is 0.105. The maximum atomic E-state index is 12.9. The standard InChI is InChI=1S/C19H31N5O/c1-14-6-8-15(9-7-14)24(16-10-11-16)19(25)20-13-18-22-21-17-5-3-2-4-12-23(17)18/h14-16H,2-13H2,1H3,(H,20,25). The molecule has 6 nitrogen and oxygen atoms in total. The molecule has 3 aliphatic rings. The lowest BCUT2D eigenvalue weighted by molar-refractivity contribution is 0.140. The van der Waals surface area contributed by atoms with Gasteiger partial charge in [-0.2, -0.15) is 0 Å². The first-order valence-electron chi connectivity index (χ1n) is 10.2. The predicted molar refractivity (Wildman–Crippen MR) is 96.1 cm³/mol. The van der Waals surface area contributed by atoms with Gasteiger partial charge in [-0.1, -0.05) is 13.3 Å². The molecule has 0 saturated heterocycles. The Morgan fingerprint density at radius 3 is 2.52 bits per heavy atom. The van der Waals surface area contributed by atoms with Crippen LogP contribution >= 0.6 is 0 Å². The molecule has 0 aromatic carbocycles. The minimum Gasteiger partial charge on any atom is -0.331 e. The van der Waals surface area contributed by atoms with E-state index >= 15 is 0 Å². The van der Waals surface area contributed by atoms with Gasteiger partial charge in [0.1, 0.15) is 5.82 Å². The van der Waals surface area contributed by atoms with Crippen molar-refractivity contribution in [1.82, 2.24) is 25.0 Å². The van der Waals surface area contributed by atoms with Gasteiger partial charge in [0.2, 0.25) is 0 Å². The molecule has 2 amide bonds. The first-order chi connectivity index (χ1) is 12.2. The van der Waals surface area contributed by atoms with E-state index in [2.05, 4.69) is 31.9 Å². The Labute approximate surface area is 150 Å². The molecule has 1 aromatic rings. The molecule has 6 heteroatoms. The van der Waals surface area contributed by atoms with Gasteiger partial charge in [-0.3, -0.25) is 0 Å². The van der Waals surface area contributed by atoms with Crippen molar-refractivity contribution in [1.29, 1.82) is 0 Å². The maximum absolute atomic E-state index is 12.9. The number of nitrogens with zero attached hydrogens (tertiary/aromatic N) is 4. The van der Waals surface area contributed by atoms with Gasteiger partial charge in [-0.25, -0.2) is 4.79 Å². The summed E-state index contributed by atoms with van der Waals surface area (Å²) in [6, 6.07) is 1.00. The maximum Gasteiger partial charge on any atom is 0.318 e. The number of amides is 2. The zero-order valence-electron chi connectivity index (χ0n) is 15.4. The van der Waals surface area contributed by atoms with Crippen molar-refractivity contribution in [2.24, 2.45) is 5.92 Å². The number of hydrogen-bond donors (Lipinski definition) is 1. The molecule has 1 N–H and O–H groups in total. The molecule has 138 valence electrons. The Hall–Kier alpha value is -1.59. The topological polar surface area (TPSA) is 63.1 Å². The third-order valence-corrected chi connectivity index (χ3v) is 6.14. The second-order valence-electron chi connectivity index (χ2n) is 8.21. The van der Waals surface area contributed by atoms with Gasteiger partial charge >= 0.3 is 6.03 Å². The molecule has 1 aromatic heterocycles. The predicted octanol–water partition coefficient (Wildman–Crippen LogP) is 3.26. The Balaban J connectivity index is 1.38. The lowest BCUT2D eigenvalue weighted by Gasteiger charge is -2.36. The van der Waals surface area contributed by atoms with Crippen molar-refractivity contribution in [2.75, 3.05) is 0 Å². The van der Waals surface area contributed by atoms with Gasteiger partial charge < -0.3 is 14.8 Å². The monoisotopic (exact) mass is 345 g/mol. The highest BCUT2D eigenvalue weighted by atomic mass is 16.2. The average Bonchev–Trinajstić information content (AvgIpc) is 3.41. The van der Waals surface area contributed by atoms with Crippen LogP contribution in [0.15, 0.2) is 0 Å². The average molecular weight is 345 g/mol. The molecule has 0 atom stereocenters. The fourth-order valence-electron chi connectivity index (χ4n) is 4.43.